The molecule has 2 N–H and O–H groups in total. The predicted octanol–water partition coefficient (Wildman–Crippen LogP) is 1.17. The summed E-state index contributed by atoms with van der Waals surface area (Å²) in [7, 11) is 0. The molecule has 0 saturated carbocycles. The van der Waals surface area contributed by atoms with Crippen LogP contribution in [0.2, 0.25) is 0 Å². The van der Waals surface area contributed by atoms with Crippen molar-refractivity contribution >= 4 is 0 Å². The van der Waals surface area contributed by atoms with Crippen LogP contribution in [-0.2, 0) is 0 Å². The fourth-order valence-corrected chi connectivity index (χ4v) is 0.683. The lowest BCUT2D eigenvalue weighted by molar-refractivity contribution is 0.206. The van der Waals surface area contributed by atoms with Crippen molar-refractivity contribution in [3.8, 4) is 0 Å². The van der Waals surface area contributed by atoms with Gasteiger partial charge < -0.3 is 10.4 Å². The summed E-state index contributed by atoms with van der Waals surface area (Å²) in [6, 6.07) is 0. The predicted molar refractivity (Wildman–Crippen MR) is 48.5 cm³/mol. The van der Waals surface area contributed by atoms with Gasteiger partial charge in [-0.05, 0) is 19.4 Å². The smallest absolute Gasteiger partial charge is 0.0869 e. The number of hydrogen-bond acceptors (Lipinski definition) is 2. The van der Waals surface area contributed by atoms with Gasteiger partial charge in [0.05, 0.1) is 6.10 Å². The van der Waals surface area contributed by atoms with Crippen molar-refractivity contribution in [3.05, 3.63) is 12.2 Å². The molecule has 0 radical (unpaired) electrons. The first-order valence-corrected chi connectivity index (χ1v) is 4.08. The summed E-state index contributed by atoms with van der Waals surface area (Å²) in [4.78, 5) is 0. The molecule has 0 aromatic carbocycles. The van der Waals surface area contributed by atoms with Crippen molar-refractivity contribution in [2.45, 2.75) is 26.9 Å². The Balaban J connectivity index is 3.31. The van der Waals surface area contributed by atoms with Crippen LogP contribution in [0.3, 0.4) is 0 Å². The summed E-state index contributed by atoms with van der Waals surface area (Å²) in [5, 5.41) is 12.4. The molecule has 0 heterocycles. The van der Waals surface area contributed by atoms with E-state index in [0.717, 1.165) is 12.1 Å². The molecule has 2 heteroatoms. The Morgan fingerprint density at radius 1 is 1.45 bits per heavy atom. The van der Waals surface area contributed by atoms with Gasteiger partial charge in [-0.3, -0.25) is 0 Å². The standard InChI is InChI=1S/C9H19NO/c1-7(2)5-10-6-9(11)8(3)4/h7,9-11H,3,5-6H2,1-2,4H3. The molecule has 0 aliphatic carbocycles. The molecule has 0 aliphatic rings. The molecule has 0 amide bonds. The van der Waals surface area contributed by atoms with Crippen LogP contribution in [0.5, 0.6) is 0 Å². The highest BCUT2D eigenvalue weighted by Crippen LogP contribution is 1.95. The molecule has 0 saturated heterocycles. The Morgan fingerprint density at radius 3 is 2.36 bits per heavy atom. The van der Waals surface area contributed by atoms with Gasteiger partial charge in [-0.25, -0.2) is 0 Å². The molecule has 0 aromatic heterocycles. The van der Waals surface area contributed by atoms with Crippen LogP contribution in [-0.4, -0.2) is 24.3 Å². The van der Waals surface area contributed by atoms with Crippen LogP contribution in [0.15, 0.2) is 12.2 Å². The second-order valence-corrected chi connectivity index (χ2v) is 3.41. The first kappa shape index (κ1) is 10.7. The van der Waals surface area contributed by atoms with Crippen LogP contribution in [0.4, 0.5) is 0 Å². The van der Waals surface area contributed by atoms with Crippen molar-refractivity contribution in [2.75, 3.05) is 13.1 Å². The lowest BCUT2D eigenvalue weighted by Gasteiger charge is -2.12. The summed E-state index contributed by atoms with van der Waals surface area (Å²) in [5.74, 6) is 0.632. The molecular weight excluding hydrogens is 138 g/mol. The van der Waals surface area contributed by atoms with E-state index in [1.165, 1.54) is 0 Å². The number of rotatable bonds is 5. The van der Waals surface area contributed by atoms with Gasteiger partial charge >= 0.3 is 0 Å². The lowest BCUT2D eigenvalue weighted by Crippen LogP contribution is -2.29. The highest BCUT2D eigenvalue weighted by Gasteiger charge is 2.02. The van der Waals surface area contributed by atoms with Gasteiger partial charge in [0, 0.05) is 6.54 Å². The topological polar surface area (TPSA) is 32.3 Å². The van der Waals surface area contributed by atoms with E-state index >= 15 is 0 Å². The van der Waals surface area contributed by atoms with Gasteiger partial charge in [0.25, 0.3) is 0 Å². The lowest BCUT2D eigenvalue weighted by atomic mass is 10.2. The minimum atomic E-state index is -0.395. The van der Waals surface area contributed by atoms with Crippen LogP contribution < -0.4 is 5.32 Å². The monoisotopic (exact) mass is 157 g/mol. The molecular formula is C9H19NO. The number of aliphatic hydroxyl groups is 1. The largest absolute Gasteiger partial charge is 0.387 e. The summed E-state index contributed by atoms with van der Waals surface area (Å²) in [6.07, 6.45) is -0.395. The van der Waals surface area contributed by atoms with Gasteiger partial charge in [-0.15, -0.1) is 0 Å². The zero-order chi connectivity index (χ0) is 8.85. The second-order valence-electron chi connectivity index (χ2n) is 3.41. The third kappa shape index (κ3) is 6.07. The van der Waals surface area contributed by atoms with Crippen molar-refractivity contribution in [2.24, 2.45) is 5.92 Å². The fraction of sp³-hybridized carbons (Fsp3) is 0.778. The SMILES string of the molecule is C=C(C)C(O)CNCC(C)C. The van der Waals surface area contributed by atoms with Crippen LogP contribution >= 0.6 is 0 Å². The maximum absolute atomic E-state index is 9.28. The molecule has 11 heavy (non-hydrogen) atoms. The Morgan fingerprint density at radius 2 is 2.00 bits per heavy atom. The van der Waals surface area contributed by atoms with E-state index < -0.39 is 6.10 Å². The number of aliphatic hydroxyl groups excluding tert-OH is 1. The van der Waals surface area contributed by atoms with Gasteiger partial charge in [0.2, 0.25) is 0 Å². The van der Waals surface area contributed by atoms with Crippen LogP contribution in [0, 0.1) is 5.92 Å². The van der Waals surface area contributed by atoms with E-state index in [9.17, 15) is 5.11 Å². The van der Waals surface area contributed by atoms with Crippen LogP contribution in [0.25, 0.3) is 0 Å². The van der Waals surface area contributed by atoms with Crippen molar-refractivity contribution in [1.29, 1.82) is 0 Å². The van der Waals surface area contributed by atoms with E-state index in [4.69, 9.17) is 0 Å². The van der Waals surface area contributed by atoms with Crippen molar-refractivity contribution in [1.82, 2.24) is 5.32 Å². The summed E-state index contributed by atoms with van der Waals surface area (Å²) in [5.41, 5.74) is 0.821. The Labute approximate surface area is 69.3 Å². The van der Waals surface area contributed by atoms with E-state index in [-0.39, 0.29) is 0 Å². The van der Waals surface area contributed by atoms with E-state index in [2.05, 4.69) is 25.7 Å². The molecule has 0 bridgehead atoms. The normalized spacial score (nSPS) is 13.5. The highest BCUT2D eigenvalue weighted by atomic mass is 16.3. The summed E-state index contributed by atoms with van der Waals surface area (Å²) < 4.78 is 0. The third-order valence-electron chi connectivity index (χ3n) is 1.46. The zero-order valence-corrected chi connectivity index (χ0v) is 7.72. The van der Waals surface area contributed by atoms with Crippen molar-refractivity contribution in [3.63, 3.8) is 0 Å². The average molecular weight is 157 g/mol. The number of hydrogen-bond donors (Lipinski definition) is 2. The van der Waals surface area contributed by atoms with Gasteiger partial charge in [-0.2, -0.15) is 0 Å². The van der Waals surface area contributed by atoms with Gasteiger partial charge in [-0.1, -0.05) is 26.0 Å². The zero-order valence-electron chi connectivity index (χ0n) is 7.72. The van der Waals surface area contributed by atoms with Crippen molar-refractivity contribution < 1.29 is 5.11 Å². The Hall–Kier alpha value is -0.340. The second kappa shape index (κ2) is 5.33. The molecule has 66 valence electrons. The first-order valence-electron chi connectivity index (χ1n) is 4.08. The Bertz CT molecular complexity index is 121. The van der Waals surface area contributed by atoms with Crippen LogP contribution in [0.1, 0.15) is 20.8 Å². The van der Waals surface area contributed by atoms with Gasteiger partial charge in [0.15, 0.2) is 0 Å². The van der Waals surface area contributed by atoms with Gasteiger partial charge in [0.1, 0.15) is 0 Å². The Kier molecular flexibility index (Phi) is 5.16. The minimum Gasteiger partial charge on any atom is -0.387 e. The molecule has 0 rings (SSSR count). The summed E-state index contributed by atoms with van der Waals surface area (Å²) >= 11 is 0. The fourth-order valence-electron chi connectivity index (χ4n) is 0.683. The molecule has 0 aromatic rings. The highest BCUT2D eigenvalue weighted by molar-refractivity contribution is 4.97. The molecule has 1 unspecified atom stereocenters. The first-order chi connectivity index (χ1) is 5.04. The van der Waals surface area contributed by atoms with E-state index in [1.807, 2.05) is 6.92 Å². The third-order valence-corrected chi connectivity index (χ3v) is 1.46. The molecule has 0 fully saturated rings. The maximum Gasteiger partial charge on any atom is 0.0869 e. The minimum absolute atomic E-state index is 0.395. The number of nitrogens with one attached hydrogen (secondary N) is 1. The van der Waals surface area contributed by atoms with E-state index in [1.54, 1.807) is 0 Å². The molecule has 0 aliphatic heterocycles. The molecule has 1 atom stereocenters. The average Bonchev–Trinajstić information content (AvgIpc) is 1.86. The quantitative estimate of drug-likeness (QED) is 0.587. The molecule has 2 nitrogen and oxygen atoms in total. The summed E-state index contributed by atoms with van der Waals surface area (Å²) in [6.45, 7) is 11.3. The van der Waals surface area contributed by atoms with E-state index in [0.29, 0.717) is 12.5 Å². The maximum atomic E-state index is 9.28. The molecule has 0 spiro atoms.